The normalized spacial score (nSPS) is 10.3. The van der Waals surface area contributed by atoms with Crippen molar-refractivity contribution < 1.29 is 0 Å². The highest BCUT2D eigenvalue weighted by Gasteiger charge is 2.00. The van der Waals surface area contributed by atoms with Crippen molar-refractivity contribution in [1.82, 2.24) is 0 Å². The van der Waals surface area contributed by atoms with E-state index in [1.165, 1.54) is 16.7 Å². The molecule has 2 aromatic rings. The highest BCUT2D eigenvalue weighted by atomic mass is 14.0. The van der Waals surface area contributed by atoms with Crippen LogP contribution in [0.2, 0.25) is 0 Å². The van der Waals surface area contributed by atoms with Crippen LogP contribution in [0.3, 0.4) is 0 Å². The van der Waals surface area contributed by atoms with Gasteiger partial charge in [0.25, 0.3) is 0 Å². The minimum absolute atomic E-state index is 0.846. The van der Waals surface area contributed by atoms with Gasteiger partial charge in [0.15, 0.2) is 0 Å². The fourth-order valence-electron chi connectivity index (χ4n) is 1.68. The minimum atomic E-state index is 0.846. The summed E-state index contributed by atoms with van der Waals surface area (Å²) in [5, 5.41) is 0. The van der Waals surface area contributed by atoms with Gasteiger partial charge in [-0.1, -0.05) is 59.1 Å². The van der Waals surface area contributed by atoms with Crippen LogP contribution < -0.4 is 5.46 Å². The van der Waals surface area contributed by atoms with E-state index in [9.17, 15) is 0 Å². The zero-order chi connectivity index (χ0) is 10.8. The van der Waals surface area contributed by atoms with E-state index in [0.29, 0.717) is 0 Å². The second-order valence-corrected chi connectivity index (χ2v) is 3.96. The minimum Gasteiger partial charge on any atom is -0.0887 e. The summed E-state index contributed by atoms with van der Waals surface area (Å²) >= 11 is 0. The third-order valence-electron chi connectivity index (χ3n) is 2.57. The Balaban J connectivity index is 2.49. The zero-order valence-corrected chi connectivity index (χ0v) is 9.12. The van der Waals surface area contributed by atoms with E-state index in [4.69, 9.17) is 7.85 Å². The Morgan fingerprint density at radius 2 is 1.40 bits per heavy atom. The van der Waals surface area contributed by atoms with Crippen molar-refractivity contribution in [2.45, 2.75) is 13.8 Å². The summed E-state index contributed by atoms with van der Waals surface area (Å²) in [6.07, 6.45) is 0. The Hall–Kier alpha value is -1.50. The molecule has 0 spiro atoms. The molecule has 2 rings (SSSR count). The lowest BCUT2D eigenvalue weighted by atomic mass is 9.86. The van der Waals surface area contributed by atoms with Crippen LogP contribution in [0.15, 0.2) is 42.5 Å². The first kappa shape index (κ1) is 10.0. The molecule has 0 aromatic heterocycles. The quantitative estimate of drug-likeness (QED) is 0.609. The largest absolute Gasteiger partial charge is 0.114 e. The molecule has 0 atom stereocenters. The summed E-state index contributed by atoms with van der Waals surface area (Å²) in [5.74, 6) is 0. The lowest BCUT2D eigenvalue weighted by molar-refractivity contribution is 1.46. The van der Waals surface area contributed by atoms with Gasteiger partial charge in [0, 0.05) is 0 Å². The topological polar surface area (TPSA) is 0 Å². The summed E-state index contributed by atoms with van der Waals surface area (Å²) in [7, 11) is 5.99. The van der Waals surface area contributed by atoms with Crippen molar-refractivity contribution in [2.75, 3.05) is 0 Å². The lowest BCUT2D eigenvalue weighted by Crippen LogP contribution is -2.06. The van der Waals surface area contributed by atoms with Gasteiger partial charge in [0.2, 0.25) is 0 Å². The fourth-order valence-corrected chi connectivity index (χ4v) is 1.68. The van der Waals surface area contributed by atoms with E-state index in [2.05, 4.69) is 50.2 Å². The van der Waals surface area contributed by atoms with Crippen molar-refractivity contribution in [3.8, 4) is 11.1 Å². The Kier molecular flexibility index (Phi) is 2.63. The highest BCUT2D eigenvalue weighted by molar-refractivity contribution is 6.36. The molecule has 0 heterocycles. The van der Waals surface area contributed by atoms with E-state index in [-0.39, 0.29) is 0 Å². The van der Waals surface area contributed by atoms with Gasteiger partial charge in [-0.25, -0.2) is 0 Å². The van der Waals surface area contributed by atoms with Crippen LogP contribution in [0, 0.1) is 13.8 Å². The molecule has 2 aromatic carbocycles. The van der Waals surface area contributed by atoms with Crippen molar-refractivity contribution in [1.29, 1.82) is 0 Å². The lowest BCUT2D eigenvalue weighted by Gasteiger charge is -2.07. The summed E-state index contributed by atoms with van der Waals surface area (Å²) in [5.41, 5.74) is 5.60. The molecule has 0 aliphatic carbocycles. The first-order valence-electron chi connectivity index (χ1n) is 5.10. The Labute approximate surface area is 92.4 Å². The molecule has 0 saturated heterocycles. The molecule has 1 heteroatoms. The SMILES string of the molecule is [B]c1cc(C)ccc1-c1ccc(C)cc1. The Bertz CT molecular complexity index is 469. The van der Waals surface area contributed by atoms with Gasteiger partial charge in [-0.15, -0.1) is 0 Å². The maximum Gasteiger partial charge on any atom is 0.114 e. The first-order chi connectivity index (χ1) is 7.16. The van der Waals surface area contributed by atoms with Crippen LogP contribution >= 0.6 is 0 Å². The monoisotopic (exact) mass is 192 g/mol. The molecule has 0 N–H and O–H groups in total. The Morgan fingerprint density at radius 1 is 0.800 bits per heavy atom. The summed E-state index contributed by atoms with van der Waals surface area (Å²) in [4.78, 5) is 0. The smallest absolute Gasteiger partial charge is 0.0887 e. The van der Waals surface area contributed by atoms with Crippen LogP contribution in [-0.2, 0) is 0 Å². The average Bonchev–Trinajstić information content (AvgIpc) is 2.20. The maximum atomic E-state index is 5.99. The molecule has 2 radical (unpaired) electrons. The third-order valence-corrected chi connectivity index (χ3v) is 2.57. The van der Waals surface area contributed by atoms with Crippen LogP contribution in [-0.4, -0.2) is 7.85 Å². The van der Waals surface area contributed by atoms with Crippen molar-refractivity contribution in [3.05, 3.63) is 53.6 Å². The van der Waals surface area contributed by atoms with Gasteiger partial charge in [0.05, 0.1) is 0 Å². The van der Waals surface area contributed by atoms with E-state index in [1.54, 1.807) is 0 Å². The molecule has 0 nitrogen and oxygen atoms in total. The van der Waals surface area contributed by atoms with Crippen molar-refractivity contribution in [2.24, 2.45) is 0 Å². The molecular formula is C14H13B. The average molecular weight is 192 g/mol. The third kappa shape index (κ3) is 2.12. The van der Waals surface area contributed by atoms with Gasteiger partial charge in [0.1, 0.15) is 7.85 Å². The summed E-state index contributed by atoms with van der Waals surface area (Å²) < 4.78 is 0. The molecule has 0 amide bonds. The molecule has 15 heavy (non-hydrogen) atoms. The molecule has 0 aliphatic heterocycles. The van der Waals surface area contributed by atoms with E-state index >= 15 is 0 Å². The van der Waals surface area contributed by atoms with Crippen molar-refractivity contribution in [3.63, 3.8) is 0 Å². The number of aryl methyl sites for hydroxylation is 2. The number of hydrogen-bond donors (Lipinski definition) is 0. The summed E-state index contributed by atoms with van der Waals surface area (Å²) in [6, 6.07) is 14.6. The standard InChI is InChI=1S/C14H13B/c1-10-3-6-12(7-4-10)13-8-5-11(2)9-14(13)15/h3-9H,1-2H3. The van der Waals surface area contributed by atoms with E-state index in [0.717, 1.165) is 11.0 Å². The second-order valence-electron chi connectivity index (χ2n) is 3.96. The molecule has 0 fully saturated rings. The van der Waals surface area contributed by atoms with Gasteiger partial charge in [-0.3, -0.25) is 0 Å². The van der Waals surface area contributed by atoms with Crippen LogP contribution in [0.25, 0.3) is 11.1 Å². The second kappa shape index (κ2) is 3.94. The highest BCUT2D eigenvalue weighted by Crippen LogP contribution is 2.17. The number of hydrogen-bond acceptors (Lipinski definition) is 0. The van der Waals surface area contributed by atoms with Crippen molar-refractivity contribution >= 4 is 13.3 Å². The zero-order valence-electron chi connectivity index (χ0n) is 9.12. The summed E-state index contributed by atoms with van der Waals surface area (Å²) in [6.45, 7) is 4.14. The van der Waals surface area contributed by atoms with E-state index in [1.807, 2.05) is 6.07 Å². The van der Waals surface area contributed by atoms with Gasteiger partial charge < -0.3 is 0 Å². The Morgan fingerprint density at radius 3 is 2.00 bits per heavy atom. The predicted molar refractivity (Wildman–Crippen MR) is 66.7 cm³/mol. The van der Waals surface area contributed by atoms with Crippen LogP contribution in [0.5, 0.6) is 0 Å². The van der Waals surface area contributed by atoms with Gasteiger partial charge in [-0.2, -0.15) is 0 Å². The number of benzene rings is 2. The molecule has 0 saturated carbocycles. The molecular weight excluding hydrogens is 179 g/mol. The first-order valence-corrected chi connectivity index (χ1v) is 5.10. The van der Waals surface area contributed by atoms with Gasteiger partial charge >= 0.3 is 0 Å². The molecule has 72 valence electrons. The van der Waals surface area contributed by atoms with Crippen LogP contribution in [0.4, 0.5) is 0 Å². The molecule has 0 aliphatic rings. The van der Waals surface area contributed by atoms with Gasteiger partial charge in [-0.05, 0) is 25.0 Å². The maximum absolute atomic E-state index is 5.99. The van der Waals surface area contributed by atoms with Crippen LogP contribution in [0.1, 0.15) is 11.1 Å². The predicted octanol–water partition coefficient (Wildman–Crippen LogP) is 2.76. The molecule has 0 unspecified atom stereocenters. The fraction of sp³-hybridized carbons (Fsp3) is 0.143. The van der Waals surface area contributed by atoms with E-state index < -0.39 is 0 Å². The number of rotatable bonds is 1. The molecule has 0 bridgehead atoms.